The van der Waals surface area contributed by atoms with Gasteiger partial charge in [0.05, 0.1) is 28.6 Å². The number of aromatic amines is 1. The molecule has 0 saturated carbocycles. The van der Waals surface area contributed by atoms with E-state index in [-0.39, 0.29) is 6.04 Å². The first-order valence-corrected chi connectivity index (χ1v) is 11.5. The van der Waals surface area contributed by atoms with Crippen LogP contribution in [0.3, 0.4) is 0 Å². The number of nitrogens with one attached hydrogen (secondary N) is 1. The molecular weight excluding hydrogens is 408 g/mol. The zero-order valence-electron chi connectivity index (χ0n) is 18.6. The van der Waals surface area contributed by atoms with Crippen LogP contribution >= 0.6 is 0 Å². The van der Waals surface area contributed by atoms with Crippen LogP contribution in [0.5, 0.6) is 0 Å². The number of H-pyrrole nitrogens is 1. The lowest BCUT2D eigenvalue weighted by atomic mass is 10.0. The van der Waals surface area contributed by atoms with Crippen molar-refractivity contribution in [1.82, 2.24) is 24.8 Å². The number of aromatic nitrogens is 4. The summed E-state index contributed by atoms with van der Waals surface area (Å²) in [6.45, 7) is 2.22. The van der Waals surface area contributed by atoms with Crippen LogP contribution in [-0.2, 0) is 6.54 Å². The van der Waals surface area contributed by atoms with Crippen molar-refractivity contribution in [3.63, 3.8) is 0 Å². The zero-order chi connectivity index (χ0) is 22.5. The van der Waals surface area contributed by atoms with Gasteiger partial charge in [0.15, 0.2) is 0 Å². The van der Waals surface area contributed by atoms with E-state index in [1.54, 1.807) is 0 Å². The number of benzene rings is 1. The SMILES string of the molecule is NCCCCN(Cc1nccc2c1[nH]c1ccccc12)C(c1ccccn1)c1ccccn1. The van der Waals surface area contributed by atoms with Gasteiger partial charge in [0.25, 0.3) is 0 Å². The predicted molar refractivity (Wildman–Crippen MR) is 133 cm³/mol. The summed E-state index contributed by atoms with van der Waals surface area (Å²) >= 11 is 0. The molecule has 33 heavy (non-hydrogen) atoms. The molecule has 0 saturated heterocycles. The van der Waals surface area contributed by atoms with Crippen molar-refractivity contribution in [3.05, 3.63) is 102 Å². The highest BCUT2D eigenvalue weighted by Gasteiger charge is 2.26. The first-order valence-electron chi connectivity index (χ1n) is 11.5. The van der Waals surface area contributed by atoms with Crippen molar-refractivity contribution in [3.8, 4) is 0 Å². The monoisotopic (exact) mass is 436 g/mol. The van der Waals surface area contributed by atoms with Crippen LogP contribution in [0.25, 0.3) is 21.8 Å². The van der Waals surface area contributed by atoms with Crippen LogP contribution in [0.4, 0.5) is 0 Å². The van der Waals surface area contributed by atoms with Crippen LogP contribution in [0.15, 0.2) is 85.3 Å². The van der Waals surface area contributed by atoms with Crippen LogP contribution < -0.4 is 5.73 Å². The maximum Gasteiger partial charge on any atom is 0.0953 e. The summed E-state index contributed by atoms with van der Waals surface area (Å²) in [7, 11) is 0. The smallest absolute Gasteiger partial charge is 0.0953 e. The minimum Gasteiger partial charge on any atom is -0.353 e. The number of pyridine rings is 3. The average molecular weight is 437 g/mol. The highest BCUT2D eigenvalue weighted by atomic mass is 15.2. The van der Waals surface area contributed by atoms with Gasteiger partial charge in [-0.3, -0.25) is 19.9 Å². The summed E-state index contributed by atoms with van der Waals surface area (Å²) in [6.07, 6.45) is 7.57. The van der Waals surface area contributed by atoms with E-state index in [0.717, 1.165) is 47.5 Å². The number of fused-ring (bicyclic) bond motifs is 3. The first kappa shape index (κ1) is 21.2. The fraction of sp³-hybridized carbons (Fsp3) is 0.222. The van der Waals surface area contributed by atoms with E-state index in [1.165, 1.54) is 10.8 Å². The molecule has 4 aromatic heterocycles. The fourth-order valence-corrected chi connectivity index (χ4v) is 4.50. The largest absolute Gasteiger partial charge is 0.353 e. The molecule has 0 bridgehead atoms. The van der Waals surface area contributed by atoms with Gasteiger partial charge in [-0.25, -0.2) is 0 Å². The maximum atomic E-state index is 5.82. The van der Waals surface area contributed by atoms with Gasteiger partial charge < -0.3 is 10.7 Å². The standard InChI is InChI=1S/C27H28N6/c28-14-5-8-18-33(27(23-11-3-6-15-29-23)24-12-4-7-16-30-24)19-25-26-21(13-17-31-25)20-9-1-2-10-22(20)32-26/h1-4,6-7,9-13,15-17,27,32H,5,8,14,18-19,28H2. The van der Waals surface area contributed by atoms with E-state index in [2.05, 4.69) is 52.3 Å². The third-order valence-electron chi connectivity index (χ3n) is 6.06. The van der Waals surface area contributed by atoms with Gasteiger partial charge in [0.1, 0.15) is 0 Å². The number of nitrogens with zero attached hydrogens (tertiary/aromatic N) is 4. The number of hydrogen-bond acceptors (Lipinski definition) is 5. The molecule has 0 spiro atoms. The Morgan fingerprint density at radius 2 is 1.48 bits per heavy atom. The molecule has 1 aromatic carbocycles. The molecule has 0 radical (unpaired) electrons. The third kappa shape index (κ3) is 4.49. The highest BCUT2D eigenvalue weighted by molar-refractivity contribution is 6.07. The minimum atomic E-state index is -0.0772. The number of hydrogen-bond donors (Lipinski definition) is 2. The Kier molecular flexibility index (Phi) is 6.37. The van der Waals surface area contributed by atoms with Gasteiger partial charge >= 0.3 is 0 Å². The maximum absolute atomic E-state index is 5.82. The number of nitrogens with two attached hydrogens (primary N) is 1. The van der Waals surface area contributed by atoms with E-state index in [0.29, 0.717) is 13.1 Å². The van der Waals surface area contributed by atoms with Gasteiger partial charge in [-0.05, 0) is 62.3 Å². The Hall–Kier alpha value is -3.61. The molecule has 0 atom stereocenters. The van der Waals surface area contributed by atoms with Crippen molar-refractivity contribution in [2.45, 2.75) is 25.4 Å². The Morgan fingerprint density at radius 1 is 0.758 bits per heavy atom. The van der Waals surface area contributed by atoms with Gasteiger partial charge in [0.2, 0.25) is 0 Å². The van der Waals surface area contributed by atoms with Gasteiger partial charge in [0, 0.05) is 41.4 Å². The van der Waals surface area contributed by atoms with Crippen LogP contribution in [-0.4, -0.2) is 37.9 Å². The minimum absolute atomic E-state index is 0.0772. The molecule has 6 nitrogen and oxygen atoms in total. The number of para-hydroxylation sites is 1. The quantitative estimate of drug-likeness (QED) is 0.323. The van der Waals surface area contributed by atoms with Crippen molar-refractivity contribution in [2.24, 2.45) is 5.73 Å². The van der Waals surface area contributed by atoms with Crippen LogP contribution in [0.1, 0.15) is 36.0 Å². The Labute approximate surface area is 193 Å². The van der Waals surface area contributed by atoms with E-state index >= 15 is 0 Å². The molecule has 4 heterocycles. The third-order valence-corrected chi connectivity index (χ3v) is 6.06. The lowest BCUT2D eigenvalue weighted by Crippen LogP contribution is -2.32. The zero-order valence-corrected chi connectivity index (χ0v) is 18.6. The number of unbranched alkanes of at least 4 members (excludes halogenated alkanes) is 1. The van der Waals surface area contributed by atoms with Gasteiger partial charge in [-0.1, -0.05) is 30.3 Å². The lowest BCUT2D eigenvalue weighted by Gasteiger charge is -2.31. The molecule has 166 valence electrons. The first-order chi connectivity index (χ1) is 16.3. The van der Waals surface area contributed by atoms with Crippen molar-refractivity contribution >= 4 is 21.8 Å². The molecule has 0 unspecified atom stereocenters. The Bertz CT molecular complexity index is 1280. The summed E-state index contributed by atoms with van der Waals surface area (Å²) in [5.74, 6) is 0. The second-order valence-corrected chi connectivity index (χ2v) is 8.23. The predicted octanol–water partition coefficient (Wildman–Crippen LogP) is 4.84. The van der Waals surface area contributed by atoms with E-state index in [1.807, 2.05) is 42.9 Å². The fourth-order valence-electron chi connectivity index (χ4n) is 4.50. The summed E-state index contributed by atoms with van der Waals surface area (Å²) in [5, 5.41) is 2.42. The van der Waals surface area contributed by atoms with Crippen molar-refractivity contribution in [1.29, 1.82) is 0 Å². The Morgan fingerprint density at radius 3 is 2.18 bits per heavy atom. The number of rotatable bonds is 9. The highest BCUT2D eigenvalue weighted by Crippen LogP contribution is 2.31. The lowest BCUT2D eigenvalue weighted by molar-refractivity contribution is 0.204. The van der Waals surface area contributed by atoms with Crippen molar-refractivity contribution in [2.75, 3.05) is 13.1 Å². The summed E-state index contributed by atoms with van der Waals surface area (Å²) in [4.78, 5) is 20.2. The molecule has 5 aromatic rings. The molecule has 6 heteroatoms. The van der Waals surface area contributed by atoms with Gasteiger partial charge in [-0.15, -0.1) is 0 Å². The van der Waals surface area contributed by atoms with Crippen LogP contribution in [0, 0.1) is 0 Å². The van der Waals surface area contributed by atoms with E-state index < -0.39 is 0 Å². The van der Waals surface area contributed by atoms with Crippen LogP contribution in [0.2, 0.25) is 0 Å². The summed E-state index contributed by atoms with van der Waals surface area (Å²) < 4.78 is 0. The molecular formula is C27H28N6. The topological polar surface area (TPSA) is 83.7 Å². The molecule has 5 rings (SSSR count). The molecule has 3 N–H and O–H groups in total. The molecule has 0 fully saturated rings. The molecule has 0 amide bonds. The Balaban J connectivity index is 1.58. The normalized spacial score (nSPS) is 11.7. The average Bonchev–Trinajstić information content (AvgIpc) is 3.25. The van der Waals surface area contributed by atoms with E-state index in [4.69, 9.17) is 20.7 Å². The van der Waals surface area contributed by atoms with Gasteiger partial charge in [-0.2, -0.15) is 0 Å². The summed E-state index contributed by atoms with van der Waals surface area (Å²) in [5.41, 5.74) is 11.0. The van der Waals surface area contributed by atoms with Crippen molar-refractivity contribution < 1.29 is 0 Å². The molecule has 0 aliphatic heterocycles. The second-order valence-electron chi connectivity index (χ2n) is 8.23. The summed E-state index contributed by atoms with van der Waals surface area (Å²) in [6, 6.07) is 22.5. The molecule has 0 aliphatic rings. The second kappa shape index (κ2) is 9.90. The van der Waals surface area contributed by atoms with E-state index in [9.17, 15) is 0 Å². The molecule has 0 aliphatic carbocycles.